The molecule has 126 valence electrons. The third-order valence-electron chi connectivity index (χ3n) is 3.89. The third-order valence-corrected chi connectivity index (χ3v) is 4.14. The summed E-state index contributed by atoms with van der Waals surface area (Å²) in [5.41, 5.74) is 1.56. The summed E-state index contributed by atoms with van der Waals surface area (Å²) in [5.74, 6) is 0.627. The van der Waals surface area contributed by atoms with E-state index in [0.29, 0.717) is 17.3 Å². The standard InChI is InChI=1S/C18H19ClN2O3/c1-2-20-16-5-3-4-6-17(16)21(18(20)23)11-14(22)12-24-15-9-7-13(19)8-10-15/h3-10,14,22H,2,11-12H2,1H3. The maximum Gasteiger partial charge on any atom is 0.329 e. The Bertz CT molecular complexity index is 883. The highest BCUT2D eigenvalue weighted by Crippen LogP contribution is 2.16. The topological polar surface area (TPSA) is 56.4 Å². The molecule has 0 saturated carbocycles. The molecule has 5 nitrogen and oxygen atoms in total. The zero-order chi connectivity index (χ0) is 17.1. The molecule has 0 amide bonds. The fraction of sp³-hybridized carbons (Fsp3) is 0.278. The molecule has 6 heteroatoms. The number of hydrogen-bond donors (Lipinski definition) is 1. The molecule has 0 fully saturated rings. The number of rotatable bonds is 6. The molecule has 0 saturated heterocycles. The van der Waals surface area contributed by atoms with Crippen LogP contribution in [0, 0.1) is 0 Å². The summed E-state index contributed by atoms with van der Waals surface area (Å²) in [6.45, 7) is 2.79. The number of benzene rings is 2. The van der Waals surface area contributed by atoms with E-state index in [1.165, 1.54) is 0 Å². The lowest BCUT2D eigenvalue weighted by atomic mass is 10.3. The molecule has 0 spiro atoms. The lowest BCUT2D eigenvalue weighted by Gasteiger charge is -2.13. The van der Waals surface area contributed by atoms with Crippen molar-refractivity contribution in [3.63, 3.8) is 0 Å². The number of aromatic nitrogens is 2. The van der Waals surface area contributed by atoms with Crippen molar-refractivity contribution < 1.29 is 9.84 Å². The minimum Gasteiger partial charge on any atom is -0.491 e. The molecule has 1 unspecified atom stereocenters. The molecule has 1 heterocycles. The van der Waals surface area contributed by atoms with Gasteiger partial charge in [-0.2, -0.15) is 0 Å². The van der Waals surface area contributed by atoms with Crippen LogP contribution in [0.2, 0.25) is 5.02 Å². The SMILES string of the molecule is CCn1c(=O)n(CC(O)COc2ccc(Cl)cc2)c2ccccc21. The van der Waals surface area contributed by atoms with Crippen molar-refractivity contribution in [2.24, 2.45) is 0 Å². The van der Waals surface area contributed by atoms with Gasteiger partial charge >= 0.3 is 5.69 Å². The summed E-state index contributed by atoms with van der Waals surface area (Å²) in [7, 11) is 0. The summed E-state index contributed by atoms with van der Waals surface area (Å²) in [4.78, 5) is 12.5. The van der Waals surface area contributed by atoms with E-state index < -0.39 is 6.10 Å². The second kappa shape index (κ2) is 7.11. The number of aryl methyl sites for hydroxylation is 1. The van der Waals surface area contributed by atoms with Crippen molar-refractivity contribution >= 4 is 22.6 Å². The minimum atomic E-state index is -0.797. The normalized spacial score (nSPS) is 12.5. The summed E-state index contributed by atoms with van der Waals surface area (Å²) < 4.78 is 8.84. The maximum absolute atomic E-state index is 12.5. The number of fused-ring (bicyclic) bond motifs is 1. The van der Waals surface area contributed by atoms with Gasteiger partial charge in [0.05, 0.1) is 17.6 Å². The van der Waals surface area contributed by atoms with Crippen LogP contribution in [0.5, 0.6) is 5.75 Å². The van der Waals surface area contributed by atoms with Gasteiger partial charge in [0.2, 0.25) is 0 Å². The van der Waals surface area contributed by atoms with Crippen molar-refractivity contribution in [3.8, 4) is 5.75 Å². The van der Waals surface area contributed by atoms with Gasteiger partial charge in [-0.1, -0.05) is 23.7 Å². The Morgan fingerprint density at radius 3 is 2.33 bits per heavy atom. The fourth-order valence-electron chi connectivity index (χ4n) is 2.74. The van der Waals surface area contributed by atoms with Crippen molar-refractivity contribution in [2.45, 2.75) is 26.1 Å². The van der Waals surface area contributed by atoms with Crippen LogP contribution in [-0.2, 0) is 13.1 Å². The number of ether oxygens (including phenoxy) is 1. The van der Waals surface area contributed by atoms with Crippen LogP contribution in [0.1, 0.15) is 6.92 Å². The molecule has 0 aliphatic heterocycles. The van der Waals surface area contributed by atoms with Crippen molar-refractivity contribution in [1.82, 2.24) is 9.13 Å². The first-order valence-corrected chi connectivity index (χ1v) is 8.22. The highest BCUT2D eigenvalue weighted by Gasteiger charge is 2.15. The Hall–Kier alpha value is -2.24. The van der Waals surface area contributed by atoms with Gasteiger partial charge in [0.25, 0.3) is 0 Å². The lowest BCUT2D eigenvalue weighted by Crippen LogP contribution is -2.31. The Kier molecular flexibility index (Phi) is 4.92. The van der Waals surface area contributed by atoms with Crippen LogP contribution in [0.15, 0.2) is 53.3 Å². The predicted molar refractivity (Wildman–Crippen MR) is 94.8 cm³/mol. The highest BCUT2D eigenvalue weighted by atomic mass is 35.5. The first-order chi connectivity index (χ1) is 11.6. The Morgan fingerprint density at radius 1 is 1.08 bits per heavy atom. The molecule has 0 bridgehead atoms. The quantitative estimate of drug-likeness (QED) is 0.746. The molecule has 0 aliphatic carbocycles. The van der Waals surface area contributed by atoms with Crippen LogP contribution in [0.3, 0.4) is 0 Å². The van der Waals surface area contributed by atoms with Crippen molar-refractivity contribution in [1.29, 1.82) is 0 Å². The van der Waals surface area contributed by atoms with E-state index in [4.69, 9.17) is 16.3 Å². The molecule has 1 N–H and O–H groups in total. The van der Waals surface area contributed by atoms with Crippen LogP contribution < -0.4 is 10.4 Å². The number of para-hydroxylation sites is 2. The summed E-state index contributed by atoms with van der Waals surface area (Å²) >= 11 is 5.83. The minimum absolute atomic E-state index is 0.0969. The fourth-order valence-corrected chi connectivity index (χ4v) is 2.87. The number of imidazole rings is 1. The lowest BCUT2D eigenvalue weighted by molar-refractivity contribution is 0.0925. The molecule has 24 heavy (non-hydrogen) atoms. The molecule has 1 atom stereocenters. The van der Waals surface area contributed by atoms with Gasteiger partial charge < -0.3 is 9.84 Å². The smallest absolute Gasteiger partial charge is 0.329 e. The first-order valence-electron chi connectivity index (χ1n) is 7.84. The second-order valence-electron chi connectivity index (χ2n) is 5.54. The Morgan fingerprint density at radius 2 is 1.71 bits per heavy atom. The molecule has 3 aromatic rings. The number of halogens is 1. The second-order valence-corrected chi connectivity index (χ2v) is 5.98. The van der Waals surface area contributed by atoms with Crippen LogP contribution in [0.4, 0.5) is 0 Å². The van der Waals surface area contributed by atoms with Crippen molar-refractivity contribution in [2.75, 3.05) is 6.61 Å². The van der Waals surface area contributed by atoms with Gasteiger partial charge in [-0.15, -0.1) is 0 Å². The van der Waals surface area contributed by atoms with Gasteiger partial charge in [0.15, 0.2) is 0 Å². The maximum atomic E-state index is 12.5. The molecule has 3 rings (SSSR count). The summed E-state index contributed by atoms with van der Waals surface area (Å²) in [6.07, 6.45) is -0.797. The van der Waals surface area contributed by atoms with E-state index in [1.54, 1.807) is 33.4 Å². The largest absolute Gasteiger partial charge is 0.491 e. The van der Waals surface area contributed by atoms with Gasteiger partial charge in [-0.25, -0.2) is 4.79 Å². The Labute approximate surface area is 144 Å². The molecule has 1 aromatic heterocycles. The van der Waals surface area contributed by atoms with E-state index in [0.717, 1.165) is 11.0 Å². The van der Waals surface area contributed by atoms with Gasteiger partial charge in [0, 0.05) is 11.6 Å². The van der Waals surface area contributed by atoms with Gasteiger partial charge in [-0.3, -0.25) is 9.13 Å². The molecule has 0 aliphatic rings. The summed E-state index contributed by atoms with van der Waals surface area (Å²) in [6, 6.07) is 14.5. The van der Waals surface area contributed by atoms with E-state index >= 15 is 0 Å². The van der Waals surface area contributed by atoms with Crippen LogP contribution in [0.25, 0.3) is 11.0 Å². The van der Waals surface area contributed by atoms with Crippen LogP contribution >= 0.6 is 11.6 Å². The van der Waals surface area contributed by atoms with E-state index in [2.05, 4.69) is 0 Å². The average molecular weight is 347 g/mol. The van der Waals surface area contributed by atoms with Gasteiger partial charge in [0.1, 0.15) is 18.5 Å². The molecular weight excluding hydrogens is 328 g/mol. The summed E-state index contributed by atoms with van der Waals surface area (Å²) in [5, 5.41) is 10.9. The zero-order valence-corrected chi connectivity index (χ0v) is 14.1. The number of hydrogen-bond acceptors (Lipinski definition) is 3. The third kappa shape index (κ3) is 3.32. The van der Waals surface area contributed by atoms with Crippen molar-refractivity contribution in [3.05, 3.63) is 64.0 Å². The number of nitrogens with zero attached hydrogens (tertiary/aromatic N) is 2. The first kappa shape index (κ1) is 16.6. The molecule has 2 aromatic carbocycles. The Balaban J connectivity index is 1.76. The highest BCUT2D eigenvalue weighted by molar-refractivity contribution is 6.30. The van der Waals surface area contributed by atoms with E-state index in [-0.39, 0.29) is 18.8 Å². The monoisotopic (exact) mass is 346 g/mol. The average Bonchev–Trinajstić information content (AvgIpc) is 2.86. The van der Waals surface area contributed by atoms with E-state index in [1.807, 2.05) is 31.2 Å². The molecule has 0 radical (unpaired) electrons. The number of aliphatic hydroxyl groups excluding tert-OH is 1. The predicted octanol–water partition coefficient (Wildman–Crippen LogP) is 2.92. The molecular formula is C18H19ClN2O3. The van der Waals surface area contributed by atoms with Gasteiger partial charge in [-0.05, 0) is 43.3 Å². The van der Waals surface area contributed by atoms with E-state index in [9.17, 15) is 9.90 Å². The number of aliphatic hydroxyl groups is 1. The van der Waals surface area contributed by atoms with Crippen LogP contribution in [-0.4, -0.2) is 27.0 Å². The zero-order valence-electron chi connectivity index (χ0n) is 13.4.